The summed E-state index contributed by atoms with van der Waals surface area (Å²) in [6.45, 7) is 1.45. The van der Waals surface area contributed by atoms with Gasteiger partial charge in [0, 0.05) is 17.3 Å². The third-order valence-corrected chi connectivity index (χ3v) is 6.14. The van der Waals surface area contributed by atoms with E-state index < -0.39 is 27.3 Å². The van der Waals surface area contributed by atoms with Gasteiger partial charge in [-0.1, -0.05) is 28.4 Å². The van der Waals surface area contributed by atoms with Crippen LogP contribution < -0.4 is 0 Å². The Bertz CT molecular complexity index is 1220. The minimum absolute atomic E-state index is 0.0967. The summed E-state index contributed by atoms with van der Waals surface area (Å²) in [7, 11) is -3.24. The van der Waals surface area contributed by atoms with Crippen LogP contribution in [0.2, 0.25) is 10.0 Å². The van der Waals surface area contributed by atoms with Crippen LogP contribution in [0.3, 0.4) is 0 Å². The van der Waals surface area contributed by atoms with Gasteiger partial charge >= 0.3 is 5.91 Å². The van der Waals surface area contributed by atoms with Gasteiger partial charge < -0.3 is 0 Å². The summed E-state index contributed by atoms with van der Waals surface area (Å²) < 4.78 is 44.8. The Labute approximate surface area is 169 Å². The molecule has 3 aromatic rings. The van der Waals surface area contributed by atoms with E-state index in [-0.39, 0.29) is 32.0 Å². The van der Waals surface area contributed by atoms with E-state index in [9.17, 15) is 17.8 Å². The monoisotopic (exact) mass is 444 g/mol. The van der Waals surface area contributed by atoms with Crippen molar-refractivity contribution in [1.82, 2.24) is 15.0 Å². The molecule has 2 aromatic carbocycles. The van der Waals surface area contributed by atoms with Crippen molar-refractivity contribution in [3.63, 3.8) is 0 Å². The first-order chi connectivity index (χ1) is 13.1. The van der Waals surface area contributed by atoms with Gasteiger partial charge in [-0.3, -0.25) is 4.79 Å². The zero-order chi connectivity index (χ0) is 20.6. The van der Waals surface area contributed by atoms with Crippen LogP contribution in [0, 0.1) is 18.6 Å². The average Bonchev–Trinajstić information content (AvgIpc) is 2.98. The number of nitrogens with zero attached hydrogens (tertiary/aromatic N) is 4. The topological polar surface area (TPSA) is 77.2 Å². The molecule has 11 heteroatoms. The molecule has 0 radical (unpaired) electrons. The fourth-order valence-corrected chi connectivity index (χ4v) is 4.49. The van der Waals surface area contributed by atoms with Crippen LogP contribution in [-0.4, -0.2) is 31.4 Å². The van der Waals surface area contributed by atoms with Gasteiger partial charge in [-0.15, -0.1) is 5.10 Å². The first kappa shape index (κ1) is 20.4. The summed E-state index contributed by atoms with van der Waals surface area (Å²) in [5.74, 6) is -2.56. The van der Waals surface area contributed by atoms with Gasteiger partial charge in [0.25, 0.3) is 0 Å². The molecule has 0 aliphatic heterocycles. The third kappa shape index (κ3) is 3.91. The lowest BCUT2D eigenvalue weighted by Crippen LogP contribution is -2.07. The minimum Gasteiger partial charge on any atom is -0.264 e. The molecule has 0 aliphatic rings. The highest BCUT2D eigenvalue weighted by Crippen LogP contribution is 2.27. The Hall–Kier alpha value is -2.36. The van der Waals surface area contributed by atoms with Gasteiger partial charge in [-0.25, -0.2) is 17.7 Å². The molecule has 28 heavy (non-hydrogen) atoms. The number of aromatic nitrogens is 3. The zero-order valence-corrected chi connectivity index (χ0v) is 16.8. The largest absolute Gasteiger partial charge is 0.307 e. The van der Waals surface area contributed by atoms with E-state index in [2.05, 4.69) is 14.7 Å². The fraction of sp³-hybridized carbons (Fsp3) is 0.118. The van der Waals surface area contributed by atoms with Gasteiger partial charge in [0.15, 0.2) is 11.5 Å². The van der Waals surface area contributed by atoms with Crippen LogP contribution in [0.4, 0.5) is 8.78 Å². The maximum absolute atomic E-state index is 14.0. The molecule has 0 fully saturated rings. The van der Waals surface area contributed by atoms with Crippen molar-refractivity contribution in [2.45, 2.75) is 11.8 Å². The summed E-state index contributed by atoms with van der Waals surface area (Å²) >= 11 is 11.9. The number of amides is 1. The number of hydrogen-bond donors (Lipinski definition) is 0. The molecule has 146 valence electrons. The van der Waals surface area contributed by atoms with Gasteiger partial charge in [0.05, 0.1) is 25.3 Å². The molecular weight excluding hydrogens is 433 g/mol. The standard InChI is InChI=1S/C17H12Cl2F2N4O2S/c1-9-16(22-24-25(9)14-6-4-11(20)8-13(14)21)17(26)23-28(2,27)15-7-10(18)3-5-12(15)19/h3-8H,1-2H3. The van der Waals surface area contributed by atoms with Crippen molar-refractivity contribution in [3.05, 3.63) is 69.5 Å². The van der Waals surface area contributed by atoms with Crippen LogP contribution in [0.25, 0.3) is 5.69 Å². The molecule has 0 N–H and O–H groups in total. The zero-order valence-electron chi connectivity index (χ0n) is 14.5. The molecule has 1 aromatic heterocycles. The van der Waals surface area contributed by atoms with E-state index in [1.807, 2.05) is 0 Å². The Morgan fingerprint density at radius 2 is 1.89 bits per heavy atom. The Morgan fingerprint density at radius 3 is 2.57 bits per heavy atom. The summed E-state index contributed by atoms with van der Waals surface area (Å²) in [6.07, 6.45) is 1.24. The second-order valence-electron chi connectivity index (χ2n) is 5.80. The van der Waals surface area contributed by atoms with Gasteiger partial charge in [0.1, 0.15) is 11.5 Å². The van der Waals surface area contributed by atoms with Gasteiger partial charge in [-0.05, 0) is 37.3 Å². The van der Waals surface area contributed by atoms with Crippen molar-refractivity contribution in [3.8, 4) is 5.69 Å². The number of carbonyl (C=O) groups excluding carboxylic acids is 1. The Balaban J connectivity index is 2.04. The SMILES string of the molecule is Cc1c(C(=O)N=S(C)(=O)c2cc(Cl)ccc2Cl)nnn1-c1ccc(F)cc1F. The van der Waals surface area contributed by atoms with E-state index in [0.29, 0.717) is 6.07 Å². The molecule has 0 bridgehead atoms. The molecule has 0 spiro atoms. The van der Waals surface area contributed by atoms with E-state index >= 15 is 0 Å². The third-order valence-electron chi connectivity index (χ3n) is 3.79. The highest BCUT2D eigenvalue weighted by atomic mass is 35.5. The average molecular weight is 445 g/mol. The molecule has 0 saturated heterocycles. The van der Waals surface area contributed by atoms with Crippen molar-refractivity contribution in [1.29, 1.82) is 0 Å². The summed E-state index contributed by atoms with van der Waals surface area (Å²) in [5, 5.41) is 7.84. The van der Waals surface area contributed by atoms with E-state index in [1.54, 1.807) is 0 Å². The smallest absolute Gasteiger partial charge is 0.264 e. The summed E-state index contributed by atoms with van der Waals surface area (Å²) in [5.41, 5.74) is -0.177. The first-order valence-electron chi connectivity index (χ1n) is 7.69. The number of halogens is 4. The Morgan fingerprint density at radius 1 is 1.18 bits per heavy atom. The highest BCUT2D eigenvalue weighted by molar-refractivity contribution is 7.93. The van der Waals surface area contributed by atoms with Crippen molar-refractivity contribution < 1.29 is 17.8 Å². The van der Waals surface area contributed by atoms with Crippen LogP contribution in [0.5, 0.6) is 0 Å². The summed E-state index contributed by atoms with van der Waals surface area (Å²) in [6, 6.07) is 7.21. The van der Waals surface area contributed by atoms with E-state index in [1.165, 1.54) is 31.4 Å². The van der Waals surface area contributed by atoms with Crippen molar-refractivity contribution >= 4 is 38.8 Å². The van der Waals surface area contributed by atoms with Crippen LogP contribution in [0.1, 0.15) is 16.2 Å². The quantitative estimate of drug-likeness (QED) is 0.597. The van der Waals surface area contributed by atoms with E-state index in [0.717, 1.165) is 16.8 Å². The van der Waals surface area contributed by atoms with Gasteiger partial charge in [0.2, 0.25) is 0 Å². The number of rotatable bonds is 3. The number of hydrogen-bond acceptors (Lipinski definition) is 4. The highest BCUT2D eigenvalue weighted by Gasteiger charge is 2.21. The van der Waals surface area contributed by atoms with Crippen LogP contribution >= 0.6 is 23.2 Å². The number of carbonyl (C=O) groups is 1. The van der Waals surface area contributed by atoms with E-state index in [4.69, 9.17) is 23.2 Å². The molecule has 1 heterocycles. The molecule has 1 unspecified atom stereocenters. The predicted octanol–water partition coefficient (Wildman–Crippen LogP) is 4.46. The second kappa shape index (κ2) is 7.57. The number of benzene rings is 2. The van der Waals surface area contributed by atoms with Crippen molar-refractivity contribution in [2.24, 2.45) is 4.36 Å². The van der Waals surface area contributed by atoms with Gasteiger partial charge in [-0.2, -0.15) is 4.36 Å². The lowest BCUT2D eigenvalue weighted by molar-refractivity contribution is 0.0999. The summed E-state index contributed by atoms with van der Waals surface area (Å²) in [4.78, 5) is 12.6. The first-order valence-corrected chi connectivity index (χ1v) is 10.4. The lowest BCUT2D eigenvalue weighted by Gasteiger charge is -2.07. The molecule has 1 amide bonds. The lowest BCUT2D eigenvalue weighted by atomic mass is 10.2. The maximum atomic E-state index is 14.0. The minimum atomic E-state index is -3.24. The molecule has 1 atom stereocenters. The second-order valence-corrected chi connectivity index (χ2v) is 8.88. The maximum Gasteiger partial charge on any atom is 0.307 e. The molecule has 0 aliphatic carbocycles. The Kier molecular flexibility index (Phi) is 5.51. The predicted molar refractivity (Wildman–Crippen MR) is 102 cm³/mol. The van der Waals surface area contributed by atoms with Crippen LogP contribution in [-0.2, 0) is 9.73 Å². The molecule has 6 nitrogen and oxygen atoms in total. The van der Waals surface area contributed by atoms with Crippen molar-refractivity contribution in [2.75, 3.05) is 6.26 Å². The molecular formula is C17H12Cl2F2N4O2S. The van der Waals surface area contributed by atoms with Crippen LogP contribution in [0.15, 0.2) is 45.7 Å². The molecule has 3 rings (SSSR count). The fourth-order valence-electron chi connectivity index (χ4n) is 2.43. The normalized spacial score (nSPS) is 13.2. The molecule has 0 saturated carbocycles.